The van der Waals surface area contributed by atoms with Crippen molar-refractivity contribution >= 4 is 27.7 Å². The van der Waals surface area contributed by atoms with E-state index in [0.29, 0.717) is 18.7 Å². The Balaban J connectivity index is 1.49. The van der Waals surface area contributed by atoms with Crippen molar-refractivity contribution in [3.63, 3.8) is 0 Å². The Hall–Kier alpha value is -4.83. The largest absolute Gasteiger partial charge is 0.489 e. The number of para-hydroxylation sites is 1. The second kappa shape index (κ2) is 9.67. The normalized spacial score (nSPS) is 11.1. The maximum Gasteiger partial charge on any atom is 0.249 e. The van der Waals surface area contributed by atoms with E-state index in [4.69, 9.17) is 10.5 Å². The van der Waals surface area contributed by atoms with Gasteiger partial charge >= 0.3 is 0 Å². The van der Waals surface area contributed by atoms with E-state index in [9.17, 15) is 4.79 Å². The molecule has 0 aliphatic carbocycles. The van der Waals surface area contributed by atoms with Crippen LogP contribution in [0.25, 0.3) is 32.9 Å². The molecular weight excluding hydrogens is 456 g/mol. The van der Waals surface area contributed by atoms with Crippen LogP contribution >= 0.6 is 0 Å². The van der Waals surface area contributed by atoms with Gasteiger partial charge in [0, 0.05) is 21.9 Å². The van der Waals surface area contributed by atoms with Crippen molar-refractivity contribution in [2.24, 2.45) is 5.73 Å². The molecule has 0 atom stereocenters. The number of hydrogen-bond acceptors (Lipinski definition) is 2. The Morgan fingerprint density at radius 1 is 0.703 bits per heavy atom. The second-order valence-electron chi connectivity index (χ2n) is 9.13. The average Bonchev–Trinajstić information content (AvgIpc) is 3.26. The molecule has 0 unspecified atom stereocenters. The number of nitrogens with two attached hydrogens (primary N) is 1. The Bertz CT molecular complexity index is 1720. The predicted octanol–water partition coefficient (Wildman–Crippen LogP) is 7.19. The van der Waals surface area contributed by atoms with Crippen LogP contribution < -0.4 is 10.5 Å². The van der Waals surface area contributed by atoms with Crippen LogP contribution in [-0.2, 0) is 13.2 Å². The van der Waals surface area contributed by atoms with Crippen molar-refractivity contribution in [2.45, 2.75) is 13.2 Å². The summed E-state index contributed by atoms with van der Waals surface area (Å²) in [5.74, 6) is 0.412. The van der Waals surface area contributed by atoms with Gasteiger partial charge in [-0.15, -0.1) is 0 Å². The lowest BCUT2D eigenvalue weighted by molar-refractivity contribution is 0.100. The number of amides is 1. The molecular formula is C33H26N2O2. The summed E-state index contributed by atoms with van der Waals surface area (Å²) < 4.78 is 8.52. The van der Waals surface area contributed by atoms with Crippen LogP contribution in [0.2, 0.25) is 0 Å². The Morgan fingerprint density at radius 3 is 2.22 bits per heavy atom. The third-order valence-corrected chi connectivity index (χ3v) is 6.80. The van der Waals surface area contributed by atoms with Gasteiger partial charge < -0.3 is 15.0 Å². The fraction of sp³-hybridized carbons (Fsp3) is 0.0606. The van der Waals surface area contributed by atoms with Crippen LogP contribution in [0.4, 0.5) is 0 Å². The average molecular weight is 483 g/mol. The lowest BCUT2D eigenvalue weighted by Gasteiger charge is -2.14. The number of carbonyl (C=O) groups is 1. The molecule has 180 valence electrons. The third kappa shape index (κ3) is 4.34. The summed E-state index contributed by atoms with van der Waals surface area (Å²) in [7, 11) is 0. The minimum atomic E-state index is -0.427. The number of fused-ring (bicyclic) bond motifs is 3. The van der Waals surface area contributed by atoms with Crippen molar-refractivity contribution < 1.29 is 9.53 Å². The molecule has 6 aromatic rings. The number of aromatic nitrogens is 1. The first-order valence-corrected chi connectivity index (χ1v) is 12.3. The van der Waals surface area contributed by atoms with Gasteiger partial charge in [-0.05, 0) is 41.0 Å². The van der Waals surface area contributed by atoms with Crippen molar-refractivity contribution in [3.8, 4) is 16.9 Å². The van der Waals surface area contributed by atoms with Crippen LogP contribution in [-0.4, -0.2) is 10.5 Å². The molecule has 0 fully saturated rings. The monoisotopic (exact) mass is 482 g/mol. The van der Waals surface area contributed by atoms with Crippen LogP contribution in [0, 0.1) is 0 Å². The zero-order valence-electron chi connectivity index (χ0n) is 20.3. The highest BCUT2D eigenvalue weighted by molar-refractivity contribution is 6.18. The predicted molar refractivity (Wildman–Crippen MR) is 150 cm³/mol. The number of rotatable bonds is 7. The van der Waals surface area contributed by atoms with Gasteiger partial charge in [-0.25, -0.2) is 0 Å². The van der Waals surface area contributed by atoms with Gasteiger partial charge in [0.05, 0.1) is 17.6 Å². The smallest absolute Gasteiger partial charge is 0.249 e. The number of hydrogen-bond donors (Lipinski definition) is 1. The molecule has 0 saturated heterocycles. The molecule has 0 aliphatic rings. The SMILES string of the molecule is NC(=O)c1cccc2c1c1ccc(-c3ccccc3)cc1n2Cc1ccccc1OCc1ccccc1. The van der Waals surface area contributed by atoms with Gasteiger partial charge in [0.25, 0.3) is 0 Å². The van der Waals surface area contributed by atoms with E-state index in [1.165, 1.54) is 0 Å². The molecule has 5 aromatic carbocycles. The van der Waals surface area contributed by atoms with Crippen molar-refractivity contribution in [2.75, 3.05) is 0 Å². The molecule has 2 N–H and O–H groups in total. The lowest BCUT2D eigenvalue weighted by Crippen LogP contribution is -2.11. The Morgan fingerprint density at radius 2 is 1.43 bits per heavy atom. The minimum absolute atomic E-state index is 0.427. The van der Waals surface area contributed by atoms with E-state index in [2.05, 4.69) is 59.2 Å². The molecule has 0 spiro atoms. The van der Waals surface area contributed by atoms with Crippen molar-refractivity contribution in [1.29, 1.82) is 0 Å². The summed E-state index contributed by atoms with van der Waals surface area (Å²) in [5, 5.41) is 1.89. The van der Waals surface area contributed by atoms with E-state index in [1.54, 1.807) is 6.07 Å². The second-order valence-corrected chi connectivity index (χ2v) is 9.13. The first-order chi connectivity index (χ1) is 18.2. The summed E-state index contributed by atoms with van der Waals surface area (Å²) >= 11 is 0. The highest BCUT2D eigenvalue weighted by Crippen LogP contribution is 2.36. The van der Waals surface area contributed by atoms with Gasteiger partial charge in [-0.3, -0.25) is 4.79 Å². The highest BCUT2D eigenvalue weighted by Gasteiger charge is 2.18. The number of benzene rings is 5. The summed E-state index contributed by atoms with van der Waals surface area (Å²) in [6, 6.07) is 40.8. The third-order valence-electron chi connectivity index (χ3n) is 6.80. The maximum absolute atomic E-state index is 12.4. The van der Waals surface area contributed by atoms with Gasteiger partial charge in [-0.1, -0.05) is 97.1 Å². The topological polar surface area (TPSA) is 57.2 Å². The van der Waals surface area contributed by atoms with Crippen LogP contribution in [0.15, 0.2) is 121 Å². The first-order valence-electron chi connectivity index (χ1n) is 12.3. The van der Waals surface area contributed by atoms with Crippen molar-refractivity contribution in [3.05, 3.63) is 138 Å². The summed E-state index contributed by atoms with van der Waals surface area (Å²) in [4.78, 5) is 12.4. The number of ether oxygens (including phenoxy) is 1. The molecule has 6 rings (SSSR count). The van der Waals surface area contributed by atoms with E-state index in [-0.39, 0.29) is 0 Å². The van der Waals surface area contributed by atoms with Gasteiger partial charge in [0.15, 0.2) is 0 Å². The highest BCUT2D eigenvalue weighted by atomic mass is 16.5. The first kappa shape index (κ1) is 22.6. The van der Waals surface area contributed by atoms with Crippen LogP contribution in [0.1, 0.15) is 21.5 Å². The molecule has 0 radical (unpaired) electrons. The molecule has 1 heterocycles. The van der Waals surface area contributed by atoms with E-state index in [0.717, 1.165) is 49.8 Å². The van der Waals surface area contributed by atoms with Crippen LogP contribution in [0.3, 0.4) is 0 Å². The molecule has 1 aromatic heterocycles. The molecule has 4 heteroatoms. The fourth-order valence-corrected chi connectivity index (χ4v) is 5.01. The fourth-order valence-electron chi connectivity index (χ4n) is 5.01. The van der Waals surface area contributed by atoms with Crippen LogP contribution in [0.5, 0.6) is 5.75 Å². The molecule has 37 heavy (non-hydrogen) atoms. The Kier molecular flexibility index (Phi) is 5.91. The zero-order valence-corrected chi connectivity index (χ0v) is 20.3. The van der Waals surface area contributed by atoms with E-state index >= 15 is 0 Å². The molecule has 1 amide bonds. The summed E-state index contributed by atoms with van der Waals surface area (Å²) in [6.45, 7) is 1.08. The minimum Gasteiger partial charge on any atom is -0.489 e. The number of carbonyl (C=O) groups excluding carboxylic acids is 1. The summed E-state index contributed by atoms with van der Waals surface area (Å²) in [5.41, 5.74) is 12.8. The number of primary amides is 1. The van der Waals surface area contributed by atoms with E-state index in [1.807, 2.05) is 60.7 Å². The standard InChI is InChI=1S/C33H26N2O2/c34-33(36)28-15-9-16-29-32(28)27-19-18-25(24-12-5-2-6-13-24)20-30(27)35(29)21-26-14-7-8-17-31(26)37-22-23-10-3-1-4-11-23/h1-20H,21-22H2,(H2,34,36). The molecule has 0 aliphatic heterocycles. The number of nitrogens with zero attached hydrogens (tertiary/aromatic N) is 1. The molecule has 4 nitrogen and oxygen atoms in total. The van der Waals surface area contributed by atoms with E-state index < -0.39 is 5.91 Å². The van der Waals surface area contributed by atoms with Crippen molar-refractivity contribution in [1.82, 2.24) is 4.57 Å². The summed E-state index contributed by atoms with van der Waals surface area (Å²) in [6.07, 6.45) is 0. The lowest BCUT2D eigenvalue weighted by atomic mass is 10.0. The maximum atomic E-state index is 12.4. The van der Waals surface area contributed by atoms with Gasteiger partial charge in [0.2, 0.25) is 5.91 Å². The van der Waals surface area contributed by atoms with Gasteiger partial charge in [-0.2, -0.15) is 0 Å². The zero-order chi connectivity index (χ0) is 25.2. The quantitative estimate of drug-likeness (QED) is 0.262. The Labute approximate surface area is 215 Å². The van der Waals surface area contributed by atoms with Gasteiger partial charge in [0.1, 0.15) is 12.4 Å². The molecule has 0 saturated carbocycles. The molecule has 0 bridgehead atoms.